The first-order chi connectivity index (χ1) is 6.86. The van der Waals surface area contributed by atoms with Crippen molar-refractivity contribution in [2.45, 2.75) is 32.6 Å². The Morgan fingerprint density at radius 3 is 2.33 bits per heavy atom. The highest BCUT2D eigenvalue weighted by Crippen LogP contribution is 2.35. The molecule has 3 nitrogen and oxygen atoms in total. The van der Waals surface area contributed by atoms with Gasteiger partial charge in [0.2, 0.25) is 0 Å². The van der Waals surface area contributed by atoms with Gasteiger partial charge < -0.3 is 10.2 Å². The van der Waals surface area contributed by atoms with Gasteiger partial charge in [0, 0.05) is 5.56 Å². The van der Waals surface area contributed by atoms with Gasteiger partial charge in [-0.15, -0.1) is 0 Å². The molecule has 80 valence electrons. The fourth-order valence-electron chi connectivity index (χ4n) is 1.33. The molecule has 0 radical (unpaired) electrons. The first-order valence-corrected chi connectivity index (χ1v) is 4.78. The summed E-state index contributed by atoms with van der Waals surface area (Å²) in [4.78, 5) is 0. The Labute approximate surface area is 89.6 Å². The van der Waals surface area contributed by atoms with Gasteiger partial charge in [-0.05, 0) is 17.0 Å². The van der Waals surface area contributed by atoms with E-state index in [0.717, 1.165) is 5.56 Å². The number of aromatic hydroxyl groups is 2. The van der Waals surface area contributed by atoms with Crippen LogP contribution in [0.15, 0.2) is 12.1 Å². The van der Waals surface area contributed by atoms with Crippen LogP contribution in [0.5, 0.6) is 11.5 Å². The number of rotatable bonds is 1. The topological polar surface area (TPSA) is 64.2 Å². The second-order valence-electron chi connectivity index (χ2n) is 4.59. The fraction of sp³-hybridized carbons (Fsp3) is 0.417. The molecule has 15 heavy (non-hydrogen) atoms. The molecule has 0 amide bonds. The Kier molecular flexibility index (Phi) is 2.90. The van der Waals surface area contributed by atoms with Crippen molar-refractivity contribution in [2.75, 3.05) is 0 Å². The first-order valence-electron chi connectivity index (χ1n) is 4.78. The zero-order valence-corrected chi connectivity index (χ0v) is 9.20. The van der Waals surface area contributed by atoms with E-state index in [-0.39, 0.29) is 23.3 Å². The van der Waals surface area contributed by atoms with Crippen LogP contribution in [0.3, 0.4) is 0 Å². The van der Waals surface area contributed by atoms with Crippen molar-refractivity contribution in [1.82, 2.24) is 0 Å². The number of hydrogen-bond donors (Lipinski definition) is 2. The van der Waals surface area contributed by atoms with Crippen molar-refractivity contribution in [3.8, 4) is 17.6 Å². The highest BCUT2D eigenvalue weighted by Gasteiger charge is 2.18. The van der Waals surface area contributed by atoms with Gasteiger partial charge in [-0.25, -0.2) is 0 Å². The van der Waals surface area contributed by atoms with E-state index in [1.807, 2.05) is 26.8 Å². The summed E-state index contributed by atoms with van der Waals surface area (Å²) < 4.78 is 0. The van der Waals surface area contributed by atoms with Crippen molar-refractivity contribution in [1.29, 1.82) is 5.26 Å². The predicted molar refractivity (Wildman–Crippen MR) is 57.8 cm³/mol. The Bertz CT molecular complexity index is 411. The molecule has 0 aliphatic carbocycles. The Balaban J connectivity index is 3.31. The van der Waals surface area contributed by atoms with Gasteiger partial charge in [0.05, 0.1) is 12.5 Å². The van der Waals surface area contributed by atoms with Crippen LogP contribution in [-0.2, 0) is 11.8 Å². The zero-order chi connectivity index (χ0) is 11.6. The number of phenols is 2. The minimum absolute atomic E-state index is 0.101. The Morgan fingerprint density at radius 2 is 1.87 bits per heavy atom. The van der Waals surface area contributed by atoms with Crippen molar-refractivity contribution in [3.05, 3.63) is 23.3 Å². The molecule has 0 atom stereocenters. The second kappa shape index (κ2) is 3.82. The number of nitriles is 1. The number of nitrogens with zero attached hydrogens (tertiary/aromatic N) is 1. The van der Waals surface area contributed by atoms with Crippen LogP contribution in [0.2, 0.25) is 0 Å². The molecule has 0 aliphatic rings. The van der Waals surface area contributed by atoms with E-state index in [1.54, 1.807) is 6.07 Å². The summed E-state index contributed by atoms with van der Waals surface area (Å²) in [5.41, 5.74) is 1.26. The maximum Gasteiger partial charge on any atom is 0.161 e. The summed E-state index contributed by atoms with van der Waals surface area (Å²) in [6, 6.07) is 5.26. The molecule has 0 aliphatic heterocycles. The average Bonchev–Trinajstić information content (AvgIpc) is 2.11. The van der Waals surface area contributed by atoms with Crippen LogP contribution in [0.1, 0.15) is 31.9 Å². The normalized spacial score (nSPS) is 11.1. The third kappa shape index (κ3) is 2.41. The van der Waals surface area contributed by atoms with Crippen molar-refractivity contribution < 1.29 is 10.2 Å². The van der Waals surface area contributed by atoms with Gasteiger partial charge in [-0.1, -0.05) is 26.8 Å². The molecule has 1 rings (SSSR count). The van der Waals surface area contributed by atoms with Crippen molar-refractivity contribution in [2.24, 2.45) is 0 Å². The lowest BCUT2D eigenvalue weighted by Crippen LogP contribution is -2.11. The largest absolute Gasteiger partial charge is 0.504 e. The van der Waals surface area contributed by atoms with Gasteiger partial charge >= 0.3 is 0 Å². The quantitative estimate of drug-likeness (QED) is 0.692. The summed E-state index contributed by atoms with van der Waals surface area (Å²) in [7, 11) is 0. The monoisotopic (exact) mass is 205 g/mol. The van der Waals surface area contributed by atoms with Gasteiger partial charge in [-0.2, -0.15) is 5.26 Å². The minimum atomic E-state index is -0.190. The highest BCUT2D eigenvalue weighted by molar-refractivity contribution is 5.50. The van der Waals surface area contributed by atoms with Crippen LogP contribution in [0, 0.1) is 11.3 Å². The minimum Gasteiger partial charge on any atom is -0.504 e. The van der Waals surface area contributed by atoms with Crippen LogP contribution in [0.4, 0.5) is 0 Å². The zero-order valence-electron chi connectivity index (χ0n) is 9.20. The Morgan fingerprint density at radius 1 is 1.27 bits per heavy atom. The first kappa shape index (κ1) is 11.4. The van der Waals surface area contributed by atoms with Crippen LogP contribution in [-0.4, -0.2) is 10.2 Å². The predicted octanol–water partition coefficient (Wildman–Crippen LogP) is 2.46. The standard InChI is InChI=1S/C12H15NO2/c1-12(2,3)9-6-8(4-5-13)11(15)10(14)7-9/h6-7,14-15H,4H2,1-3H3. The molecular formula is C12H15NO2. The molecule has 0 heterocycles. The molecular weight excluding hydrogens is 190 g/mol. The lowest BCUT2D eigenvalue weighted by atomic mass is 9.85. The van der Waals surface area contributed by atoms with Gasteiger partial charge in [0.1, 0.15) is 0 Å². The molecule has 0 bridgehead atoms. The smallest absolute Gasteiger partial charge is 0.161 e. The van der Waals surface area contributed by atoms with Crippen LogP contribution in [0.25, 0.3) is 0 Å². The summed E-state index contributed by atoms with van der Waals surface area (Å²) in [6.07, 6.45) is 0.101. The van der Waals surface area contributed by atoms with Gasteiger partial charge in [0.15, 0.2) is 11.5 Å². The van der Waals surface area contributed by atoms with E-state index in [4.69, 9.17) is 5.26 Å². The fourth-order valence-corrected chi connectivity index (χ4v) is 1.33. The van der Waals surface area contributed by atoms with Gasteiger partial charge in [0.25, 0.3) is 0 Å². The lowest BCUT2D eigenvalue weighted by molar-refractivity contribution is 0.398. The molecule has 0 spiro atoms. The van der Waals surface area contributed by atoms with E-state index in [1.165, 1.54) is 6.07 Å². The molecule has 0 fully saturated rings. The average molecular weight is 205 g/mol. The van der Waals surface area contributed by atoms with Crippen LogP contribution < -0.4 is 0 Å². The third-order valence-electron chi connectivity index (χ3n) is 2.30. The number of hydrogen-bond acceptors (Lipinski definition) is 3. The van der Waals surface area contributed by atoms with Crippen LogP contribution >= 0.6 is 0 Å². The Hall–Kier alpha value is -1.69. The molecule has 1 aromatic carbocycles. The second-order valence-corrected chi connectivity index (χ2v) is 4.59. The van der Waals surface area contributed by atoms with E-state index in [2.05, 4.69) is 0 Å². The molecule has 0 unspecified atom stereocenters. The van der Waals surface area contributed by atoms with E-state index < -0.39 is 0 Å². The van der Waals surface area contributed by atoms with E-state index >= 15 is 0 Å². The van der Waals surface area contributed by atoms with Crippen molar-refractivity contribution >= 4 is 0 Å². The molecule has 2 N–H and O–H groups in total. The van der Waals surface area contributed by atoms with Crippen molar-refractivity contribution in [3.63, 3.8) is 0 Å². The summed E-state index contributed by atoms with van der Waals surface area (Å²) >= 11 is 0. The summed E-state index contributed by atoms with van der Waals surface area (Å²) in [6.45, 7) is 6.03. The van der Waals surface area contributed by atoms with E-state index in [0.29, 0.717) is 5.56 Å². The highest BCUT2D eigenvalue weighted by atomic mass is 16.3. The number of benzene rings is 1. The molecule has 0 saturated carbocycles. The molecule has 0 saturated heterocycles. The molecule has 3 heteroatoms. The maximum absolute atomic E-state index is 9.52. The maximum atomic E-state index is 9.52. The molecule has 0 aromatic heterocycles. The number of phenolic OH excluding ortho intramolecular Hbond substituents is 2. The van der Waals surface area contributed by atoms with Gasteiger partial charge in [-0.3, -0.25) is 0 Å². The summed E-state index contributed by atoms with van der Waals surface area (Å²) in [5.74, 6) is -0.350. The molecule has 1 aromatic rings. The van der Waals surface area contributed by atoms with E-state index in [9.17, 15) is 10.2 Å². The summed E-state index contributed by atoms with van der Waals surface area (Å²) in [5, 5.41) is 27.6. The third-order valence-corrected chi connectivity index (χ3v) is 2.30. The SMILES string of the molecule is CC(C)(C)c1cc(O)c(O)c(CC#N)c1. The lowest BCUT2D eigenvalue weighted by Gasteiger charge is -2.20.